The lowest BCUT2D eigenvalue weighted by Gasteiger charge is -2.24. The molecule has 0 bridgehead atoms. The number of rotatable bonds is 7. The van der Waals surface area contributed by atoms with E-state index in [-0.39, 0.29) is 23.8 Å². The summed E-state index contributed by atoms with van der Waals surface area (Å²) in [6.07, 6.45) is 2.00. The van der Waals surface area contributed by atoms with Crippen molar-refractivity contribution in [2.24, 2.45) is 17.3 Å². The van der Waals surface area contributed by atoms with Crippen LogP contribution in [0, 0.1) is 17.3 Å². The van der Waals surface area contributed by atoms with Crippen molar-refractivity contribution in [2.45, 2.75) is 33.1 Å². The molecule has 1 aliphatic rings. The summed E-state index contributed by atoms with van der Waals surface area (Å²) >= 11 is 0. The van der Waals surface area contributed by atoms with Crippen LogP contribution in [0.4, 0.5) is 0 Å². The molecule has 0 aromatic carbocycles. The minimum atomic E-state index is -0.885. The van der Waals surface area contributed by atoms with E-state index in [2.05, 4.69) is 5.32 Å². The number of amides is 1. The largest absolute Gasteiger partial charge is 0.481 e. The zero-order valence-corrected chi connectivity index (χ0v) is 10.4. The van der Waals surface area contributed by atoms with Gasteiger partial charge in [0, 0.05) is 13.2 Å². The number of aliphatic hydroxyl groups excluding tert-OH is 1. The Bertz CT molecular complexity index is 301. The summed E-state index contributed by atoms with van der Waals surface area (Å²) in [5.41, 5.74) is -0.0635. The fourth-order valence-electron chi connectivity index (χ4n) is 1.86. The van der Waals surface area contributed by atoms with Crippen LogP contribution in [0.15, 0.2) is 0 Å². The second-order valence-corrected chi connectivity index (χ2v) is 5.50. The average molecular weight is 243 g/mol. The van der Waals surface area contributed by atoms with Crippen molar-refractivity contribution in [1.29, 1.82) is 0 Å². The molecule has 1 amide bonds. The number of carboxylic acid groups (broad SMARTS) is 1. The number of carboxylic acids is 1. The molecule has 5 nitrogen and oxygen atoms in total. The zero-order chi connectivity index (χ0) is 13.1. The van der Waals surface area contributed by atoms with Crippen LogP contribution in [-0.4, -0.2) is 35.2 Å². The standard InChI is InChI=1S/C12H21NO4/c1-12(2,4-3-5-14)7-13-10(15)8-6-9(8)11(16)17/h8-9,14H,3-7H2,1-2H3,(H,13,15)(H,16,17)/t8-,9+/m1/s1. The van der Waals surface area contributed by atoms with E-state index in [1.165, 1.54) is 0 Å². The third-order valence-corrected chi connectivity index (χ3v) is 3.20. The Morgan fingerprint density at radius 3 is 2.47 bits per heavy atom. The second-order valence-electron chi connectivity index (χ2n) is 5.50. The molecule has 0 spiro atoms. The zero-order valence-electron chi connectivity index (χ0n) is 10.4. The number of carbonyl (C=O) groups excluding carboxylic acids is 1. The Morgan fingerprint density at radius 2 is 2.00 bits per heavy atom. The summed E-state index contributed by atoms with van der Waals surface area (Å²) in [6, 6.07) is 0. The van der Waals surface area contributed by atoms with Crippen molar-refractivity contribution in [2.75, 3.05) is 13.2 Å². The molecule has 5 heteroatoms. The van der Waals surface area contributed by atoms with Crippen LogP contribution in [0.5, 0.6) is 0 Å². The Hall–Kier alpha value is -1.10. The molecule has 0 unspecified atom stereocenters. The molecule has 0 aliphatic heterocycles. The lowest BCUT2D eigenvalue weighted by atomic mass is 9.88. The highest BCUT2D eigenvalue weighted by molar-refractivity contribution is 5.89. The molecule has 1 aliphatic carbocycles. The molecule has 0 saturated heterocycles. The van der Waals surface area contributed by atoms with Crippen molar-refractivity contribution < 1.29 is 19.8 Å². The molecular weight excluding hydrogens is 222 g/mol. The first-order valence-corrected chi connectivity index (χ1v) is 5.99. The van der Waals surface area contributed by atoms with Crippen LogP contribution in [-0.2, 0) is 9.59 Å². The van der Waals surface area contributed by atoms with Gasteiger partial charge in [0.05, 0.1) is 11.8 Å². The summed E-state index contributed by atoms with van der Waals surface area (Å²) in [6.45, 7) is 4.71. The fourth-order valence-corrected chi connectivity index (χ4v) is 1.86. The van der Waals surface area contributed by atoms with Crippen LogP contribution in [0.3, 0.4) is 0 Å². The maximum absolute atomic E-state index is 11.6. The molecule has 17 heavy (non-hydrogen) atoms. The van der Waals surface area contributed by atoms with E-state index < -0.39 is 11.9 Å². The SMILES string of the molecule is CC(C)(CCCO)CNC(=O)[C@@H]1C[C@@H]1C(=O)O. The van der Waals surface area contributed by atoms with Gasteiger partial charge in [-0.3, -0.25) is 9.59 Å². The van der Waals surface area contributed by atoms with Gasteiger partial charge in [-0.05, 0) is 24.7 Å². The number of aliphatic carboxylic acids is 1. The van der Waals surface area contributed by atoms with Crippen molar-refractivity contribution in [3.8, 4) is 0 Å². The van der Waals surface area contributed by atoms with Crippen molar-refractivity contribution in [1.82, 2.24) is 5.32 Å². The van der Waals surface area contributed by atoms with Crippen molar-refractivity contribution in [3.05, 3.63) is 0 Å². The van der Waals surface area contributed by atoms with Gasteiger partial charge in [-0.1, -0.05) is 13.8 Å². The molecule has 98 valence electrons. The topological polar surface area (TPSA) is 86.6 Å². The Morgan fingerprint density at radius 1 is 1.35 bits per heavy atom. The van der Waals surface area contributed by atoms with E-state index in [1.54, 1.807) is 0 Å². The van der Waals surface area contributed by atoms with E-state index in [1.807, 2.05) is 13.8 Å². The number of hydrogen-bond donors (Lipinski definition) is 3. The predicted octanol–water partition coefficient (Wildman–Crippen LogP) is 0.622. The number of aliphatic hydroxyl groups is 1. The number of carbonyl (C=O) groups is 2. The van der Waals surface area contributed by atoms with Gasteiger partial charge >= 0.3 is 5.97 Å². The van der Waals surface area contributed by atoms with E-state index in [0.717, 1.165) is 6.42 Å². The van der Waals surface area contributed by atoms with Gasteiger partial charge in [0.1, 0.15) is 0 Å². The van der Waals surface area contributed by atoms with Crippen LogP contribution < -0.4 is 5.32 Å². The van der Waals surface area contributed by atoms with Gasteiger partial charge in [0.2, 0.25) is 5.91 Å². The molecule has 0 heterocycles. The Kier molecular flexibility index (Phi) is 4.51. The normalized spacial score (nSPS) is 23.2. The molecule has 0 aromatic heterocycles. The van der Waals surface area contributed by atoms with E-state index in [4.69, 9.17) is 10.2 Å². The number of hydrogen-bond acceptors (Lipinski definition) is 3. The van der Waals surface area contributed by atoms with Gasteiger partial charge in [-0.2, -0.15) is 0 Å². The van der Waals surface area contributed by atoms with Gasteiger partial charge < -0.3 is 15.5 Å². The maximum Gasteiger partial charge on any atom is 0.307 e. The minimum absolute atomic E-state index is 0.0635. The molecule has 0 aromatic rings. The predicted molar refractivity (Wildman–Crippen MR) is 62.3 cm³/mol. The number of nitrogens with one attached hydrogen (secondary N) is 1. The molecule has 1 rings (SSSR count). The smallest absolute Gasteiger partial charge is 0.307 e. The van der Waals surface area contributed by atoms with Crippen LogP contribution >= 0.6 is 0 Å². The summed E-state index contributed by atoms with van der Waals surface area (Å²) in [7, 11) is 0. The molecular formula is C12H21NO4. The van der Waals surface area contributed by atoms with Crippen LogP contribution in [0.25, 0.3) is 0 Å². The molecule has 1 fully saturated rings. The first-order valence-electron chi connectivity index (χ1n) is 5.99. The Labute approximate surface area is 101 Å². The lowest BCUT2D eigenvalue weighted by Crippen LogP contribution is -2.35. The van der Waals surface area contributed by atoms with Gasteiger partial charge in [-0.25, -0.2) is 0 Å². The molecule has 0 radical (unpaired) electrons. The molecule has 2 atom stereocenters. The Balaban J connectivity index is 2.27. The summed E-state index contributed by atoms with van der Waals surface area (Å²) in [5, 5.41) is 20.3. The quantitative estimate of drug-likeness (QED) is 0.612. The summed E-state index contributed by atoms with van der Waals surface area (Å²) in [5.74, 6) is -1.88. The van der Waals surface area contributed by atoms with Crippen LogP contribution in [0.1, 0.15) is 33.1 Å². The lowest BCUT2D eigenvalue weighted by molar-refractivity contribution is -0.140. The average Bonchev–Trinajstić information content (AvgIpc) is 3.03. The van der Waals surface area contributed by atoms with Crippen molar-refractivity contribution >= 4 is 11.9 Å². The van der Waals surface area contributed by atoms with Crippen molar-refractivity contribution in [3.63, 3.8) is 0 Å². The van der Waals surface area contributed by atoms with E-state index in [9.17, 15) is 9.59 Å². The van der Waals surface area contributed by atoms with Gasteiger partial charge in [0.15, 0.2) is 0 Å². The fraction of sp³-hybridized carbons (Fsp3) is 0.833. The third-order valence-electron chi connectivity index (χ3n) is 3.20. The first kappa shape index (κ1) is 14.0. The monoisotopic (exact) mass is 243 g/mol. The van der Waals surface area contributed by atoms with Gasteiger partial charge in [-0.15, -0.1) is 0 Å². The summed E-state index contributed by atoms with van der Waals surface area (Å²) < 4.78 is 0. The van der Waals surface area contributed by atoms with Crippen LogP contribution in [0.2, 0.25) is 0 Å². The minimum Gasteiger partial charge on any atom is -0.481 e. The highest BCUT2D eigenvalue weighted by Crippen LogP contribution is 2.38. The first-order chi connectivity index (χ1) is 7.87. The van der Waals surface area contributed by atoms with Gasteiger partial charge in [0.25, 0.3) is 0 Å². The summed E-state index contributed by atoms with van der Waals surface area (Å²) in [4.78, 5) is 22.2. The highest BCUT2D eigenvalue weighted by atomic mass is 16.4. The van der Waals surface area contributed by atoms with E-state index in [0.29, 0.717) is 19.4 Å². The third kappa shape index (κ3) is 4.34. The maximum atomic E-state index is 11.6. The van der Waals surface area contributed by atoms with E-state index >= 15 is 0 Å². The molecule has 3 N–H and O–H groups in total. The molecule has 1 saturated carbocycles. The second kappa shape index (κ2) is 5.49. The highest BCUT2D eigenvalue weighted by Gasteiger charge is 2.48.